The standard InChI is InChI=1S/C29H29F5N5OP/c1-2-24-26(39-18-21(28(30,31)32)7-12-25(39)36-24)27(40)35-17-19-3-8-22(9-4-19)37-13-15-38(16-14-37)23-10-5-20(6-11-23)29(33,34)41/h3-12,18H,2,13-17,41H2,1H3,(H,35,40). The third kappa shape index (κ3) is 6.30. The lowest BCUT2D eigenvalue weighted by atomic mass is 10.1. The van der Waals surface area contributed by atoms with Crippen molar-refractivity contribution in [2.75, 3.05) is 36.0 Å². The van der Waals surface area contributed by atoms with Crippen LogP contribution in [0.5, 0.6) is 0 Å². The Kier molecular flexibility index (Phi) is 7.92. The van der Waals surface area contributed by atoms with E-state index in [1.54, 1.807) is 28.3 Å². The van der Waals surface area contributed by atoms with Gasteiger partial charge in [0.1, 0.15) is 11.3 Å². The predicted octanol–water partition coefficient (Wildman–Crippen LogP) is 6.10. The van der Waals surface area contributed by atoms with Crippen LogP contribution in [0.4, 0.5) is 33.3 Å². The zero-order valence-corrected chi connectivity index (χ0v) is 23.4. The number of anilines is 2. The summed E-state index contributed by atoms with van der Waals surface area (Å²) in [5.74, 6) is -0.497. The number of hydrogen-bond acceptors (Lipinski definition) is 4. The lowest BCUT2D eigenvalue weighted by Crippen LogP contribution is -2.46. The molecule has 5 rings (SSSR count). The molecule has 1 unspecified atom stereocenters. The van der Waals surface area contributed by atoms with Gasteiger partial charge in [-0.2, -0.15) is 22.0 Å². The molecular weight excluding hydrogens is 560 g/mol. The fourth-order valence-electron chi connectivity index (χ4n) is 4.96. The molecule has 1 aliphatic rings. The number of imidazole rings is 1. The Balaban J connectivity index is 1.20. The number of rotatable bonds is 7. The van der Waals surface area contributed by atoms with Crippen LogP contribution in [0.1, 0.15) is 39.8 Å². The maximum Gasteiger partial charge on any atom is 0.417 e. The van der Waals surface area contributed by atoms with Gasteiger partial charge in [-0.15, -0.1) is 0 Å². The third-order valence-corrected chi connectivity index (χ3v) is 7.55. The Morgan fingerprint density at radius 2 is 1.39 bits per heavy atom. The van der Waals surface area contributed by atoms with Crippen molar-refractivity contribution in [1.29, 1.82) is 0 Å². The summed E-state index contributed by atoms with van der Waals surface area (Å²) in [6, 6.07) is 16.3. The molecule has 1 amide bonds. The Morgan fingerprint density at radius 3 is 1.90 bits per heavy atom. The lowest BCUT2D eigenvalue weighted by molar-refractivity contribution is -0.137. The highest BCUT2D eigenvalue weighted by molar-refractivity contribution is 7.17. The predicted molar refractivity (Wildman–Crippen MR) is 152 cm³/mol. The average Bonchev–Trinajstić information content (AvgIpc) is 3.34. The van der Waals surface area contributed by atoms with Crippen LogP contribution >= 0.6 is 9.24 Å². The smallest absolute Gasteiger partial charge is 0.368 e. The lowest BCUT2D eigenvalue weighted by Gasteiger charge is -2.37. The summed E-state index contributed by atoms with van der Waals surface area (Å²) in [7, 11) is 1.55. The van der Waals surface area contributed by atoms with Crippen LogP contribution in [0.15, 0.2) is 66.9 Å². The fraction of sp³-hybridized carbons (Fsp3) is 0.310. The van der Waals surface area contributed by atoms with E-state index < -0.39 is 23.3 Å². The largest absolute Gasteiger partial charge is 0.417 e. The zero-order valence-electron chi connectivity index (χ0n) is 22.3. The number of carbonyl (C=O) groups is 1. The summed E-state index contributed by atoms with van der Waals surface area (Å²) in [6.07, 6.45) is -3.23. The van der Waals surface area contributed by atoms with E-state index in [4.69, 9.17) is 0 Å². The Hall–Kier alpha value is -3.72. The summed E-state index contributed by atoms with van der Waals surface area (Å²) in [4.78, 5) is 21.8. The van der Waals surface area contributed by atoms with E-state index in [1.807, 2.05) is 24.3 Å². The normalized spacial score (nSPS) is 14.5. The van der Waals surface area contributed by atoms with Gasteiger partial charge in [0.15, 0.2) is 0 Å². The van der Waals surface area contributed by atoms with Gasteiger partial charge in [0.2, 0.25) is 0 Å². The van der Waals surface area contributed by atoms with E-state index in [0.717, 1.165) is 55.4 Å². The first-order chi connectivity index (χ1) is 19.4. The number of benzene rings is 2. The molecule has 0 spiro atoms. The molecule has 1 aliphatic heterocycles. The molecule has 1 N–H and O–H groups in total. The number of carbonyl (C=O) groups excluding carboxylic acids is 1. The van der Waals surface area contributed by atoms with E-state index in [0.29, 0.717) is 12.1 Å². The molecule has 3 heterocycles. The molecule has 6 nitrogen and oxygen atoms in total. The summed E-state index contributed by atoms with van der Waals surface area (Å²) in [5.41, 5.74) is -0.269. The Morgan fingerprint density at radius 1 is 0.854 bits per heavy atom. The molecule has 2 aromatic carbocycles. The second-order valence-electron chi connectivity index (χ2n) is 9.90. The number of halogens is 5. The van der Waals surface area contributed by atoms with E-state index in [9.17, 15) is 26.7 Å². The maximum absolute atomic E-state index is 13.5. The number of nitrogens with zero attached hydrogens (tertiary/aromatic N) is 4. The first kappa shape index (κ1) is 28.8. The van der Waals surface area contributed by atoms with Gasteiger partial charge in [0.25, 0.3) is 11.6 Å². The van der Waals surface area contributed by atoms with Crippen LogP contribution in [0, 0.1) is 0 Å². The van der Waals surface area contributed by atoms with Crippen molar-refractivity contribution in [1.82, 2.24) is 14.7 Å². The molecule has 1 saturated heterocycles. The van der Waals surface area contributed by atoms with Crippen molar-refractivity contribution in [3.05, 3.63) is 94.9 Å². The molecule has 0 aliphatic carbocycles. The van der Waals surface area contributed by atoms with E-state index in [-0.39, 0.29) is 23.4 Å². The van der Waals surface area contributed by atoms with Crippen molar-refractivity contribution in [2.24, 2.45) is 0 Å². The van der Waals surface area contributed by atoms with Crippen LogP contribution in [0.25, 0.3) is 5.65 Å². The monoisotopic (exact) mass is 589 g/mol. The van der Waals surface area contributed by atoms with Crippen LogP contribution < -0.4 is 15.1 Å². The summed E-state index contributed by atoms with van der Waals surface area (Å²) >= 11 is 0. The van der Waals surface area contributed by atoms with Crippen LogP contribution in [-0.2, 0) is 24.8 Å². The van der Waals surface area contributed by atoms with Crippen LogP contribution in [0.3, 0.4) is 0 Å². The van der Waals surface area contributed by atoms with Crippen LogP contribution in [-0.4, -0.2) is 41.5 Å². The number of fused-ring (bicyclic) bond motifs is 1. The minimum Gasteiger partial charge on any atom is -0.368 e. The third-order valence-electron chi connectivity index (χ3n) is 7.22. The van der Waals surface area contributed by atoms with E-state index >= 15 is 0 Å². The molecular formula is C29H29F5N5OP. The minimum atomic E-state index is -4.53. The molecule has 0 radical (unpaired) electrons. The molecule has 12 heteroatoms. The molecule has 2 aromatic heterocycles. The first-order valence-corrected chi connectivity index (χ1v) is 13.7. The number of aryl methyl sites for hydroxylation is 1. The van der Waals surface area contributed by atoms with Crippen molar-refractivity contribution in [3.63, 3.8) is 0 Å². The second-order valence-corrected chi connectivity index (χ2v) is 10.6. The average molecular weight is 590 g/mol. The zero-order chi connectivity index (χ0) is 29.4. The van der Waals surface area contributed by atoms with Gasteiger partial charge < -0.3 is 15.1 Å². The number of piperazine rings is 1. The summed E-state index contributed by atoms with van der Waals surface area (Å²) in [5, 5.41) is 2.81. The highest BCUT2D eigenvalue weighted by Crippen LogP contribution is 2.35. The van der Waals surface area contributed by atoms with Gasteiger partial charge in [0.05, 0.1) is 11.3 Å². The van der Waals surface area contributed by atoms with Crippen molar-refractivity contribution in [2.45, 2.75) is 31.7 Å². The van der Waals surface area contributed by atoms with Crippen molar-refractivity contribution in [3.8, 4) is 0 Å². The SMILES string of the molecule is CCc1nc2ccc(C(F)(F)F)cn2c1C(=O)NCc1ccc(N2CCN(c3ccc(C(F)(F)P)cc3)CC2)cc1. The van der Waals surface area contributed by atoms with Gasteiger partial charge in [-0.05, 0) is 48.4 Å². The van der Waals surface area contributed by atoms with Gasteiger partial charge in [-0.1, -0.05) is 40.4 Å². The Labute approximate surface area is 236 Å². The highest BCUT2D eigenvalue weighted by Gasteiger charge is 2.32. The van der Waals surface area contributed by atoms with E-state index in [1.165, 1.54) is 22.6 Å². The maximum atomic E-state index is 13.5. The number of hydrogen-bond donors (Lipinski definition) is 1. The molecule has 41 heavy (non-hydrogen) atoms. The molecule has 0 bridgehead atoms. The molecule has 1 atom stereocenters. The molecule has 4 aromatic rings. The number of alkyl halides is 5. The molecule has 1 fully saturated rings. The fourth-order valence-corrected chi connectivity index (χ4v) is 5.15. The molecule has 216 valence electrons. The minimum absolute atomic E-state index is 0.0406. The second kappa shape index (κ2) is 11.3. The number of aromatic nitrogens is 2. The van der Waals surface area contributed by atoms with Gasteiger partial charge in [-0.25, -0.2) is 4.98 Å². The van der Waals surface area contributed by atoms with Gasteiger partial charge in [0, 0.05) is 55.9 Å². The quantitative estimate of drug-likeness (QED) is 0.209. The summed E-state index contributed by atoms with van der Waals surface area (Å²) < 4.78 is 67.9. The number of nitrogens with one attached hydrogen (secondary N) is 1. The van der Waals surface area contributed by atoms with Crippen molar-refractivity contribution < 1.29 is 26.7 Å². The Bertz CT molecular complexity index is 1520. The topological polar surface area (TPSA) is 52.9 Å². The number of amides is 1. The van der Waals surface area contributed by atoms with Crippen LogP contribution in [0.2, 0.25) is 0 Å². The van der Waals surface area contributed by atoms with Gasteiger partial charge >= 0.3 is 6.18 Å². The molecule has 0 saturated carbocycles. The number of pyridine rings is 1. The van der Waals surface area contributed by atoms with E-state index in [2.05, 4.69) is 20.1 Å². The summed E-state index contributed by atoms with van der Waals surface area (Å²) in [6.45, 7) is 4.99. The van der Waals surface area contributed by atoms with Crippen molar-refractivity contribution >= 4 is 32.2 Å². The highest BCUT2D eigenvalue weighted by atomic mass is 31.0. The first-order valence-electron chi connectivity index (χ1n) is 13.2. The van der Waals surface area contributed by atoms with Gasteiger partial charge in [-0.3, -0.25) is 9.20 Å².